The normalized spacial score (nSPS) is 23.4. The van der Waals surface area contributed by atoms with E-state index in [2.05, 4.69) is 40.1 Å². The van der Waals surface area contributed by atoms with Crippen LogP contribution in [-0.2, 0) is 16.0 Å². The molecular formula is C30H38N4O2. The number of H-pyrrole nitrogens is 1. The zero-order chi connectivity index (χ0) is 25.1. The minimum atomic E-state index is -0.414. The number of nitrogens with zero attached hydrogens (tertiary/aromatic N) is 3. The minimum absolute atomic E-state index is 0.0774. The van der Waals surface area contributed by atoms with E-state index in [1.54, 1.807) is 0 Å². The Morgan fingerprint density at radius 1 is 1.19 bits per heavy atom. The number of carbonyl (C=O) groups is 1. The number of ether oxygens (including phenoxy) is 1. The Kier molecular flexibility index (Phi) is 7.24. The van der Waals surface area contributed by atoms with Gasteiger partial charge in [-0.05, 0) is 74.5 Å². The summed E-state index contributed by atoms with van der Waals surface area (Å²) in [7, 11) is 2.18. The van der Waals surface area contributed by atoms with Gasteiger partial charge >= 0.3 is 5.97 Å². The first-order valence-electron chi connectivity index (χ1n) is 13.4. The number of aromatic amines is 1. The lowest BCUT2D eigenvalue weighted by Crippen LogP contribution is -2.51. The molecule has 0 unspecified atom stereocenters. The van der Waals surface area contributed by atoms with Crippen LogP contribution in [0.25, 0.3) is 16.6 Å². The maximum Gasteiger partial charge on any atom is 0.308 e. The first-order chi connectivity index (χ1) is 17.4. The summed E-state index contributed by atoms with van der Waals surface area (Å²) in [6.07, 6.45) is 12.1. The largest absolute Gasteiger partial charge is 0.458 e. The summed E-state index contributed by atoms with van der Waals surface area (Å²) in [5, 5.41) is 0. The van der Waals surface area contributed by atoms with Crippen LogP contribution in [-0.4, -0.2) is 51.6 Å². The predicted octanol–water partition coefficient (Wildman–Crippen LogP) is 5.66. The number of benzene rings is 1. The van der Waals surface area contributed by atoms with Crippen LogP contribution in [0.4, 0.5) is 0 Å². The van der Waals surface area contributed by atoms with Crippen LogP contribution in [0.3, 0.4) is 0 Å². The zero-order valence-electron chi connectivity index (χ0n) is 21.7. The summed E-state index contributed by atoms with van der Waals surface area (Å²) in [5.74, 6) is 1.52. The van der Waals surface area contributed by atoms with Crippen molar-refractivity contribution < 1.29 is 9.53 Å². The Bertz CT molecular complexity index is 1180. The smallest absolute Gasteiger partial charge is 0.308 e. The van der Waals surface area contributed by atoms with E-state index in [0.717, 1.165) is 68.5 Å². The van der Waals surface area contributed by atoms with Crippen molar-refractivity contribution in [2.45, 2.75) is 58.0 Å². The van der Waals surface area contributed by atoms with E-state index >= 15 is 0 Å². The number of hydrogen-bond acceptors (Lipinski definition) is 5. The molecule has 0 radical (unpaired) electrons. The molecule has 3 aromatic rings. The Morgan fingerprint density at radius 2 is 2.06 bits per heavy atom. The van der Waals surface area contributed by atoms with Crippen molar-refractivity contribution in [1.29, 1.82) is 0 Å². The van der Waals surface area contributed by atoms with Crippen molar-refractivity contribution in [3.8, 4) is 0 Å². The van der Waals surface area contributed by atoms with Crippen molar-refractivity contribution >= 4 is 22.6 Å². The third-order valence-electron chi connectivity index (χ3n) is 7.99. The van der Waals surface area contributed by atoms with Gasteiger partial charge in [-0.15, -0.1) is 0 Å². The highest BCUT2D eigenvalue weighted by atomic mass is 16.6. The van der Waals surface area contributed by atoms with E-state index in [1.165, 1.54) is 11.1 Å². The number of hydrogen-bond donors (Lipinski definition) is 1. The number of pyridine rings is 1. The second-order valence-corrected chi connectivity index (χ2v) is 10.9. The molecular weight excluding hydrogens is 448 g/mol. The second-order valence-electron chi connectivity index (χ2n) is 10.9. The van der Waals surface area contributed by atoms with Crippen LogP contribution in [0.15, 0.2) is 54.9 Å². The van der Waals surface area contributed by atoms with Crippen molar-refractivity contribution in [3.05, 3.63) is 66.3 Å². The summed E-state index contributed by atoms with van der Waals surface area (Å²) < 4.78 is 6.38. The molecule has 190 valence electrons. The highest BCUT2D eigenvalue weighted by molar-refractivity contribution is 5.75. The molecule has 6 nitrogen and oxygen atoms in total. The van der Waals surface area contributed by atoms with Gasteiger partial charge in [0.15, 0.2) is 0 Å². The summed E-state index contributed by atoms with van der Waals surface area (Å²) in [6, 6.07) is 12.3. The monoisotopic (exact) mass is 486 g/mol. The molecule has 0 aliphatic heterocycles. The van der Waals surface area contributed by atoms with Crippen molar-refractivity contribution in [3.63, 3.8) is 0 Å². The summed E-state index contributed by atoms with van der Waals surface area (Å²) in [5.41, 5.74) is 4.30. The molecule has 0 amide bonds. The van der Waals surface area contributed by atoms with E-state index in [0.29, 0.717) is 5.92 Å². The van der Waals surface area contributed by atoms with Gasteiger partial charge in [-0.3, -0.25) is 9.78 Å². The number of aryl methyl sites for hydroxylation is 1. The Labute approximate surface area is 214 Å². The third kappa shape index (κ3) is 5.24. The lowest BCUT2D eigenvalue weighted by molar-refractivity contribution is -0.176. The standard InChI is InChI=1S/C30H38N4O2/c1-21(2)29(35)36-30(19-22-12-13-24(30)18-25(22)23-8-6-15-31-20-23)14-17-34(3)16-7-11-28-32-26-9-4-5-10-27(26)33-28/h4-6,8-10,15,18,20-22,24H,7,11-14,16-17,19H2,1-3H3,(H,32,33)/t22-,24-,30+/m1/s1. The van der Waals surface area contributed by atoms with Gasteiger partial charge in [-0.1, -0.05) is 38.1 Å². The molecule has 3 atom stereocenters. The molecule has 6 heteroatoms. The molecule has 1 saturated carbocycles. The summed E-state index contributed by atoms with van der Waals surface area (Å²) in [6.45, 7) is 5.75. The van der Waals surface area contributed by atoms with Gasteiger partial charge in [0.2, 0.25) is 0 Å². The number of carbonyl (C=O) groups excluding carboxylic acids is 1. The molecule has 2 aromatic heterocycles. The number of imidazole rings is 1. The van der Waals surface area contributed by atoms with Crippen molar-refractivity contribution in [2.75, 3.05) is 20.1 Å². The number of nitrogens with one attached hydrogen (secondary N) is 1. The van der Waals surface area contributed by atoms with Crippen LogP contribution in [0, 0.1) is 17.8 Å². The molecule has 1 aromatic carbocycles. The van der Waals surface area contributed by atoms with Gasteiger partial charge in [0.05, 0.1) is 17.0 Å². The molecule has 36 heavy (non-hydrogen) atoms. The van der Waals surface area contributed by atoms with Crippen LogP contribution in [0.2, 0.25) is 0 Å². The lowest BCUT2D eigenvalue weighted by Gasteiger charge is -2.50. The van der Waals surface area contributed by atoms with Gasteiger partial charge in [0.25, 0.3) is 0 Å². The number of aromatic nitrogens is 3. The van der Waals surface area contributed by atoms with Gasteiger partial charge in [-0.25, -0.2) is 4.98 Å². The van der Waals surface area contributed by atoms with E-state index in [-0.39, 0.29) is 17.8 Å². The number of rotatable bonds is 10. The van der Waals surface area contributed by atoms with Gasteiger partial charge in [-0.2, -0.15) is 0 Å². The lowest BCUT2D eigenvalue weighted by atomic mass is 9.61. The number of fused-ring (bicyclic) bond motifs is 3. The third-order valence-corrected chi connectivity index (χ3v) is 7.99. The average Bonchev–Trinajstić information content (AvgIpc) is 3.31. The highest BCUT2D eigenvalue weighted by Crippen LogP contribution is 2.53. The topological polar surface area (TPSA) is 71.1 Å². The fourth-order valence-electron chi connectivity index (χ4n) is 5.94. The van der Waals surface area contributed by atoms with Gasteiger partial charge in [0, 0.05) is 37.7 Å². The minimum Gasteiger partial charge on any atom is -0.458 e. The molecule has 1 N–H and O–H groups in total. The molecule has 0 spiro atoms. The fourth-order valence-corrected chi connectivity index (χ4v) is 5.94. The van der Waals surface area contributed by atoms with Crippen LogP contribution in [0.1, 0.15) is 57.3 Å². The SMILES string of the molecule is CC(C)C(=O)O[C@@]1(CCN(C)CCCc2nc3ccccc3[nH]2)C[C@H]2CC[C@@H]1C=C2c1cccnc1. The van der Waals surface area contributed by atoms with Crippen molar-refractivity contribution in [1.82, 2.24) is 19.9 Å². The Balaban J connectivity index is 1.23. The van der Waals surface area contributed by atoms with Crippen LogP contribution >= 0.6 is 0 Å². The molecule has 2 heterocycles. The van der Waals surface area contributed by atoms with E-state index in [9.17, 15) is 4.79 Å². The molecule has 3 aliphatic rings. The molecule has 6 rings (SSSR count). The Morgan fingerprint density at radius 3 is 2.78 bits per heavy atom. The maximum absolute atomic E-state index is 12.8. The van der Waals surface area contributed by atoms with E-state index < -0.39 is 5.60 Å². The van der Waals surface area contributed by atoms with Gasteiger partial charge < -0.3 is 14.6 Å². The second kappa shape index (κ2) is 10.6. The molecule has 1 fully saturated rings. The predicted molar refractivity (Wildman–Crippen MR) is 143 cm³/mol. The van der Waals surface area contributed by atoms with Crippen LogP contribution in [0.5, 0.6) is 0 Å². The highest BCUT2D eigenvalue weighted by Gasteiger charge is 2.50. The number of esters is 1. The van der Waals surface area contributed by atoms with E-state index in [4.69, 9.17) is 9.72 Å². The molecule has 0 saturated heterocycles. The molecule has 3 aliphatic carbocycles. The van der Waals surface area contributed by atoms with E-state index in [1.807, 2.05) is 50.5 Å². The number of allylic oxidation sites excluding steroid dienone is 1. The Hall–Kier alpha value is -2.99. The summed E-state index contributed by atoms with van der Waals surface area (Å²) >= 11 is 0. The average molecular weight is 487 g/mol. The quantitative estimate of drug-likeness (QED) is 0.374. The maximum atomic E-state index is 12.8. The fraction of sp³-hybridized carbons (Fsp3) is 0.500. The number of para-hydroxylation sites is 2. The zero-order valence-corrected chi connectivity index (χ0v) is 21.7. The summed E-state index contributed by atoms with van der Waals surface area (Å²) in [4.78, 5) is 27.7. The van der Waals surface area contributed by atoms with Gasteiger partial charge in [0.1, 0.15) is 11.4 Å². The van der Waals surface area contributed by atoms with Crippen LogP contribution < -0.4 is 0 Å². The first kappa shape index (κ1) is 24.7. The molecule has 2 bridgehead atoms. The van der Waals surface area contributed by atoms with Crippen molar-refractivity contribution in [2.24, 2.45) is 17.8 Å². The first-order valence-corrected chi connectivity index (χ1v) is 13.4.